The van der Waals surface area contributed by atoms with Crippen molar-refractivity contribution in [1.29, 1.82) is 0 Å². The van der Waals surface area contributed by atoms with Crippen molar-refractivity contribution in [2.24, 2.45) is 0 Å². The largest absolute Gasteiger partial charge is 0.508 e. The molecule has 0 radical (unpaired) electrons. The molecule has 2 N–H and O–H groups in total. The van der Waals surface area contributed by atoms with E-state index in [0.717, 1.165) is 34.0 Å². The highest BCUT2D eigenvalue weighted by molar-refractivity contribution is 7.80. The number of aryl methyl sites for hydroxylation is 1. The first kappa shape index (κ1) is 20.2. The molecule has 3 aromatic heterocycles. The fourth-order valence-electron chi connectivity index (χ4n) is 4.53. The zero-order valence-corrected chi connectivity index (χ0v) is 18.6. The van der Waals surface area contributed by atoms with E-state index in [1.54, 1.807) is 24.5 Å². The van der Waals surface area contributed by atoms with Crippen LogP contribution in [-0.2, 0) is 0 Å². The van der Waals surface area contributed by atoms with Gasteiger partial charge in [-0.3, -0.25) is 9.97 Å². The van der Waals surface area contributed by atoms with Gasteiger partial charge >= 0.3 is 0 Å². The molecule has 160 valence electrons. The molecule has 0 bridgehead atoms. The summed E-state index contributed by atoms with van der Waals surface area (Å²) in [6.07, 6.45) is 5.45. The van der Waals surface area contributed by atoms with Crippen LogP contribution in [0.3, 0.4) is 0 Å². The van der Waals surface area contributed by atoms with Crippen molar-refractivity contribution in [3.63, 3.8) is 0 Å². The Morgan fingerprint density at radius 2 is 1.78 bits per heavy atom. The first-order valence-corrected chi connectivity index (χ1v) is 10.8. The number of hydrogen-bond donors (Lipinski definition) is 2. The first-order valence-electron chi connectivity index (χ1n) is 10.4. The molecule has 7 heteroatoms. The van der Waals surface area contributed by atoms with Crippen molar-refractivity contribution in [2.75, 3.05) is 4.90 Å². The van der Waals surface area contributed by atoms with E-state index in [2.05, 4.69) is 50.7 Å². The number of aromatic nitrogens is 3. The van der Waals surface area contributed by atoms with E-state index in [9.17, 15) is 5.11 Å². The highest BCUT2D eigenvalue weighted by atomic mass is 32.1. The number of anilines is 1. The Morgan fingerprint density at radius 3 is 2.47 bits per heavy atom. The zero-order valence-electron chi connectivity index (χ0n) is 17.8. The van der Waals surface area contributed by atoms with Crippen LogP contribution < -0.4 is 10.2 Å². The van der Waals surface area contributed by atoms with Crippen LogP contribution in [0.1, 0.15) is 34.7 Å². The fourth-order valence-corrected chi connectivity index (χ4v) is 4.88. The minimum atomic E-state index is -0.125. The van der Waals surface area contributed by atoms with E-state index in [-0.39, 0.29) is 17.8 Å². The fraction of sp³-hybridized carbons (Fsp3) is 0.160. The number of phenolic OH excluding ortho intramolecular Hbond substituents is 1. The first-order chi connectivity index (χ1) is 15.5. The summed E-state index contributed by atoms with van der Waals surface area (Å²) in [5.74, 6) is 0.222. The average molecular weight is 442 g/mol. The lowest BCUT2D eigenvalue weighted by Crippen LogP contribution is -2.29. The lowest BCUT2D eigenvalue weighted by atomic mass is 9.96. The lowest BCUT2D eigenvalue weighted by molar-refractivity contribution is 0.475. The van der Waals surface area contributed by atoms with Crippen molar-refractivity contribution < 1.29 is 5.11 Å². The number of pyridine rings is 2. The summed E-state index contributed by atoms with van der Waals surface area (Å²) in [4.78, 5) is 11.0. The second-order valence-electron chi connectivity index (χ2n) is 7.89. The maximum Gasteiger partial charge on any atom is 0.174 e. The predicted molar refractivity (Wildman–Crippen MR) is 129 cm³/mol. The van der Waals surface area contributed by atoms with E-state index < -0.39 is 0 Å². The normalized spacial score (nSPS) is 18.1. The molecule has 4 heterocycles. The van der Waals surface area contributed by atoms with E-state index in [0.29, 0.717) is 5.11 Å². The third-order valence-corrected chi connectivity index (χ3v) is 6.23. The van der Waals surface area contributed by atoms with Gasteiger partial charge in [0.1, 0.15) is 5.75 Å². The Morgan fingerprint density at radius 1 is 0.969 bits per heavy atom. The van der Waals surface area contributed by atoms with Crippen molar-refractivity contribution in [2.45, 2.75) is 25.9 Å². The van der Waals surface area contributed by atoms with Crippen LogP contribution in [0.25, 0.3) is 5.69 Å². The van der Waals surface area contributed by atoms with Gasteiger partial charge in [-0.1, -0.05) is 6.07 Å². The van der Waals surface area contributed by atoms with Gasteiger partial charge in [0.25, 0.3) is 0 Å². The standard InChI is InChI=1S/C25H23N5OS/c1-16-14-21(17(2)29(16)19-6-5-12-26-15-19)24-23(22-7-3-4-13-27-22)28-25(32)30(24)18-8-10-20(31)11-9-18/h3-15,23-24,31H,1-2H3,(H,28,32)/t23-,24+/m0/s1. The Kier molecular flexibility index (Phi) is 5.11. The smallest absolute Gasteiger partial charge is 0.174 e. The number of benzene rings is 1. The molecule has 2 atom stereocenters. The molecular weight excluding hydrogens is 418 g/mol. The minimum absolute atomic E-state index is 0.112. The molecule has 1 fully saturated rings. The molecule has 4 aromatic rings. The topological polar surface area (TPSA) is 66.2 Å². The van der Waals surface area contributed by atoms with Crippen LogP contribution in [0.4, 0.5) is 5.69 Å². The molecular formula is C25H23N5OS. The van der Waals surface area contributed by atoms with Gasteiger partial charge in [0.2, 0.25) is 0 Å². The summed E-state index contributed by atoms with van der Waals surface area (Å²) in [5, 5.41) is 13.9. The molecule has 0 spiro atoms. The van der Waals surface area contributed by atoms with Crippen molar-refractivity contribution >= 4 is 23.0 Å². The Labute approximate surface area is 192 Å². The van der Waals surface area contributed by atoms with Gasteiger partial charge in [-0.05, 0) is 86.2 Å². The molecule has 1 aliphatic heterocycles. The van der Waals surface area contributed by atoms with E-state index in [1.165, 1.54) is 0 Å². The molecule has 1 saturated heterocycles. The molecule has 0 aliphatic carbocycles. The third-order valence-electron chi connectivity index (χ3n) is 5.92. The summed E-state index contributed by atoms with van der Waals surface area (Å²) in [5.41, 5.74) is 6.25. The van der Waals surface area contributed by atoms with Gasteiger partial charge in [-0.25, -0.2) is 0 Å². The maximum atomic E-state index is 9.80. The number of nitrogens with zero attached hydrogens (tertiary/aromatic N) is 4. The molecule has 32 heavy (non-hydrogen) atoms. The van der Waals surface area contributed by atoms with E-state index in [1.807, 2.05) is 42.6 Å². The number of nitrogens with one attached hydrogen (secondary N) is 1. The Hall–Kier alpha value is -3.71. The number of phenols is 1. The van der Waals surface area contributed by atoms with Crippen molar-refractivity contribution in [3.8, 4) is 11.4 Å². The quantitative estimate of drug-likeness (QED) is 0.445. The second kappa shape index (κ2) is 8.09. The summed E-state index contributed by atoms with van der Waals surface area (Å²) in [6.45, 7) is 4.23. The summed E-state index contributed by atoms with van der Waals surface area (Å²) in [6, 6.07) is 19.0. The van der Waals surface area contributed by atoms with Crippen LogP contribution in [0.5, 0.6) is 5.75 Å². The molecule has 0 amide bonds. The molecule has 1 aromatic carbocycles. The monoisotopic (exact) mass is 441 g/mol. The Balaban J connectivity index is 1.68. The third kappa shape index (κ3) is 3.40. The highest BCUT2D eigenvalue weighted by Gasteiger charge is 2.42. The summed E-state index contributed by atoms with van der Waals surface area (Å²) < 4.78 is 2.22. The minimum Gasteiger partial charge on any atom is -0.508 e. The van der Waals surface area contributed by atoms with Crippen LogP contribution in [0, 0.1) is 13.8 Å². The van der Waals surface area contributed by atoms with Crippen molar-refractivity contribution in [3.05, 3.63) is 102 Å². The van der Waals surface area contributed by atoms with Crippen LogP contribution in [-0.4, -0.2) is 24.8 Å². The summed E-state index contributed by atoms with van der Waals surface area (Å²) in [7, 11) is 0. The second-order valence-corrected chi connectivity index (χ2v) is 8.27. The predicted octanol–water partition coefficient (Wildman–Crippen LogP) is 4.77. The molecule has 0 unspecified atom stereocenters. The van der Waals surface area contributed by atoms with Crippen LogP contribution in [0.2, 0.25) is 0 Å². The van der Waals surface area contributed by atoms with Gasteiger partial charge in [0.15, 0.2) is 5.11 Å². The highest BCUT2D eigenvalue weighted by Crippen LogP contribution is 2.43. The van der Waals surface area contributed by atoms with Gasteiger partial charge in [-0.15, -0.1) is 0 Å². The molecule has 5 rings (SSSR count). The van der Waals surface area contributed by atoms with Gasteiger partial charge in [0, 0.05) is 29.5 Å². The maximum absolute atomic E-state index is 9.80. The van der Waals surface area contributed by atoms with Crippen molar-refractivity contribution in [1.82, 2.24) is 19.9 Å². The molecule has 1 aliphatic rings. The van der Waals surface area contributed by atoms with Crippen LogP contribution >= 0.6 is 12.2 Å². The number of thiocarbonyl (C=S) groups is 1. The number of aromatic hydroxyl groups is 1. The zero-order chi connectivity index (χ0) is 22.2. The Bertz CT molecular complexity index is 1260. The number of rotatable bonds is 4. The van der Waals surface area contributed by atoms with Crippen LogP contribution in [0.15, 0.2) is 79.3 Å². The van der Waals surface area contributed by atoms with Gasteiger partial charge in [0.05, 0.1) is 29.7 Å². The summed E-state index contributed by atoms with van der Waals surface area (Å²) >= 11 is 5.79. The lowest BCUT2D eigenvalue weighted by Gasteiger charge is -2.28. The molecule has 0 saturated carbocycles. The van der Waals surface area contributed by atoms with Gasteiger partial charge < -0.3 is 19.9 Å². The van der Waals surface area contributed by atoms with E-state index in [4.69, 9.17) is 12.2 Å². The molecule has 6 nitrogen and oxygen atoms in total. The average Bonchev–Trinajstić information content (AvgIpc) is 3.31. The van der Waals surface area contributed by atoms with Gasteiger partial charge in [-0.2, -0.15) is 0 Å². The SMILES string of the molecule is Cc1cc([C@@H]2[C@H](c3ccccn3)NC(=S)N2c2ccc(O)cc2)c(C)n1-c1cccnc1. The van der Waals surface area contributed by atoms with E-state index >= 15 is 0 Å². The number of hydrogen-bond acceptors (Lipinski definition) is 4.